The molecule has 4 rings (SSSR count). The Morgan fingerprint density at radius 2 is 1.79 bits per heavy atom. The number of amides is 1. The summed E-state index contributed by atoms with van der Waals surface area (Å²) in [5.74, 6) is 1.15. The van der Waals surface area contributed by atoms with Crippen LogP contribution in [0.5, 0.6) is 5.75 Å². The highest BCUT2D eigenvalue weighted by Crippen LogP contribution is 2.20. The van der Waals surface area contributed by atoms with E-state index >= 15 is 0 Å². The number of halogens is 1. The summed E-state index contributed by atoms with van der Waals surface area (Å²) in [7, 11) is 0. The van der Waals surface area contributed by atoms with Crippen LogP contribution in [0.3, 0.4) is 0 Å². The lowest BCUT2D eigenvalue weighted by Gasteiger charge is -2.07. The molecule has 29 heavy (non-hydrogen) atoms. The van der Waals surface area contributed by atoms with Gasteiger partial charge in [-0.25, -0.2) is 4.98 Å². The van der Waals surface area contributed by atoms with Gasteiger partial charge in [0.05, 0.1) is 5.56 Å². The van der Waals surface area contributed by atoms with E-state index in [1.165, 1.54) is 6.20 Å². The lowest BCUT2D eigenvalue weighted by Crippen LogP contribution is -2.12. The van der Waals surface area contributed by atoms with Gasteiger partial charge in [-0.3, -0.25) is 4.79 Å². The molecule has 0 aliphatic rings. The summed E-state index contributed by atoms with van der Waals surface area (Å²) >= 11 is 5.73. The molecule has 0 atom stereocenters. The van der Waals surface area contributed by atoms with Crippen LogP contribution in [0.15, 0.2) is 77.3 Å². The van der Waals surface area contributed by atoms with Crippen molar-refractivity contribution in [2.45, 2.75) is 6.61 Å². The highest BCUT2D eigenvalue weighted by molar-refractivity contribution is 6.29. The minimum Gasteiger partial charge on any atom is -0.484 e. The molecule has 0 radical (unpaired) electrons. The standard InChI is InChI=1S/C21H15ClN4O3/c22-18-11-6-15(12-23-18)20(27)24-16-7-9-17(10-8-16)28-13-19-25-26-21(29-19)14-4-2-1-3-5-14/h1-12H,13H2,(H,24,27). The lowest BCUT2D eigenvalue weighted by molar-refractivity contribution is 0.102. The van der Waals surface area contributed by atoms with E-state index in [0.717, 1.165) is 5.56 Å². The molecule has 4 aromatic rings. The molecule has 8 heteroatoms. The second-order valence-corrected chi connectivity index (χ2v) is 6.39. The first-order chi connectivity index (χ1) is 14.2. The highest BCUT2D eigenvalue weighted by atomic mass is 35.5. The van der Waals surface area contributed by atoms with Gasteiger partial charge in [0, 0.05) is 17.4 Å². The van der Waals surface area contributed by atoms with Gasteiger partial charge in [0.2, 0.25) is 5.89 Å². The van der Waals surface area contributed by atoms with Crippen molar-refractivity contribution in [2.75, 3.05) is 5.32 Å². The smallest absolute Gasteiger partial charge is 0.257 e. The first kappa shape index (κ1) is 18.6. The predicted molar refractivity (Wildman–Crippen MR) is 108 cm³/mol. The van der Waals surface area contributed by atoms with Crippen LogP contribution in [0.2, 0.25) is 5.15 Å². The minimum atomic E-state index is -0.276. The summed E-state index contributed by atoms with van der Waals surface area (Å²) in [4.78, 5) is 16.1. The van der Waals surface area contributed by atoms with Gasteiger partial charge in [-0.1, -0.05) is 29.8 Å². The van der Waals surface area contributed by atoms with E-state index in [-0.39, 0.29) is 12.5 Å². The number of nitrogens with zero attached hydrogens (tertiary/aromatic N) is 3. The Morgan fingerprint density at radius 3 is 2.52 bits per heavy atom. The number of rotatable bonds is 6. The van der Waals surface area contributed by atoms with Crippen molar-refractivity contribution >= 4 is 23.2 Å². The summed E-state index contributed by atoms with van der Waals surface area (Å²) in [6, 6.07) is 19.6. The molecule has 144 valence electrons. The predicted octanol–water partition coefficient (Wildman–Crippen LogP) is 4.62. The molecule has 0 bridgehead atoms. The van der Waals surface area contributed by atoms with E-state index in [9.17, 15) is 4.79 Å². The minimum absolute atomic E-state index is 0.141. The van der Waals surface area contributed by atoms with Gasteiger partial charge in [0.15, 0.2) is 6.61 Å². The molecule has 0 aliphatic carbocycles. The van der Waals surface area contributed by atoms with Gasteiger partial charge in [-0.05, 0) is 48.5 Å². The summed E-state index contributed by atoms with van der Waals surface area (Å²) < 4.78 is 11.3. The first-order valence-electron chi connectivity index (χ1n) is 8.71. The Morgan fingerprint density at radius 1 is 1.00 bits per heavy atom. The largest absolute Gasteiger partial charge is 0.484 e. The lowest BCUT2D eigenvalue weighted by atomic mass is 10.2. The molecule has 2 aromatic carbocycles. The van der Waals surface area contributed by atoms with Crippen LogP contribution in [0, 0.1) is 0 Å². The van der Waals surface area contributed by atoms with Crippen LogP contribution < -0.4 is 10.1 Å². The summed E-state index contributed by atoms with van der Waals surface area (Å²) in [5.41, 5.74) is 1.89. The van der Waals surface area contributed by atoms with Crippen molar-refractivity contribution in [1.29, 1.82) is 0 Å². The average Bonchev–Trinajstić information content (AvgIpc) is 3.23. The Hall–Kier alpha value is -3.71. The van der Waals surface area contributed by atoms with E-state index in [4.69, 9.17) is 20.8 Å². The van der Waals surface area contributed by atoms with Crippen LogP contribution >= 0.6 is 11.6 Å². The molecule has 1 N–H and O–H groups in total. The van der Waals surface area contributed by atoms with Crippen LogP contribution in [0.1, 0.15) is 16.2 Å². The van der Waals surface area contributed by atoms with Crippen molar-refractivity contribution in [3.63, 3.8) is 0 Å². The number of aromatic nitrogens is 3. The molecule has 0 unspecified atom stereocenters. The van der Waals surface area contributed by atoms with Gasteiger partial charge in [-0.2, -0.15) is 0 Å². The summed E-state index contributed by atoms with van der Waals surface area (Å²) in [6.07, 6.45) is 1.42. The first-order valence-corrected chi connectivity index (χ1v) is 9.09. The molecule has 0 aliphatic heterocycles. The van der Waals surface area contributed by atoms with Gasteiger partial charge < -0.3 is 14.5 Å². The Balaban J connectivity index is 1.33. The van der Waals surface area contributed by atoms with Crippen LogP contribution in [-0.4, -0.2) is 21.1 Å². The maximum Gasteiger partial charge on any atom is 0.257 e. The van der Waals surface area contributed by atoms with Gasteiger partial charge >= 0.3 is 0 Å². The molecule has 2 aromatic heterocycles. The van der Waals surface area contributed by atoms with Crippen LogP contribution in [0.4, 0.5) is 5.69 Å². The molecular formula is C21H15ClN4O3. The average molecular weight is 407 g/mol. The third-order valence-electron chi connectivity index (χ3n) is 3.95. The second-order valence-electron chi connectivity index (χ2n) is 6.00. The number of benzene rings is 2. The number of hydrogen-bond acceptors (Lipinski definition) is 6. The van der Waals surface area contributed by atoms with E-state index in [1.807, 2.05) is 30.3 Å². The van der Waals surface area contributed by atoms with Gasteiger partial charge in [0.1, 0.15) is 10.9 Å². The Kier molecular flexibility index (Phi) is 5.49. The summed E-state index contributed by atoms with van der Waals surface area (Å²) in [5, 5.41) is 11.1. The molecule has 0 saturated carbocycles. The number of carbonyl (C=O) groups is 1. The maximum absolute atomic E-state index is 12.2. The van der Waals surface area contributed by atoms with Gasteiger partial charge in [0.25, 0.3) is 11.8 Å². The van der Waals surface area contributed by atoms with Crippen LogP contribution in [0.25, 0.3) is 11.5 Å². The zero-order chi connectivity index (χ0) is 20.1. The maximum atomic E-state index is 12.2. The Labute approximate surface area is 171 Å². The van der Waals surface area contributed by atoms with Crippen molar-refractivity contribution < 1.29 is 13.9 Å². The zero-order valence-corrected chi connectivity index (χ0v) is 15.8. The molecule has 0 spiro atoms. The van der Waals surface area contributed by atoms with Crippen LogP contribution in [-0.2, 0) is 6.61 Å². The quantitative estimate of drug-likeness (QED) is 0.470. The monoisotopic (exact) mass is 406 g/mol. The van der Waals surface area contributed by atoms with Gasteiger partial charge in [-0.15, -0.1) is 10.2 Å². The fourth-order valence-corrected chi connectivity index (χ4v) is 2.61. The third kappa shape index (κ3) is 4.77. The Bertz CT molecular complexity index is 1100. The molecule has 7 nitrogen and oxygen atoms in total. The summed E-state index contributed by atoms with van der Waals surface area (Å²) in [6.45, 7) is 0.141. The van der Waals surface area contributed by atoms with E-state index in [0.29, 0.717) is 33.9 Å². The fourth-order valence-electron chi connectivity index (χ4n) is 2.50. The molecule has 2 heterocycles. The SMILES string of the molecule is O=C(Nc1ccc(OCc2nnc(-c3ccccc3)o2)cc1)c1ccc(Cl)nc1. The third-order valence-corrected chi connectivity index (χ3v) is 4.18. The normalized spacial score (nSPS) is 10.5. The number of nitrogens with one attached hydrogen (secondary N) is 1. The van der Waals surface area contributed by atoms with E-state index in [1.54, 1.807) is 36.4 Å². The fraction of sp³-hybridized carbons (Fsp3) is 0.0476. The second kappa shape index (κ2) is 8.53. The topological polar surface area (TPSA) is 90.1 Å². The molecule has 1 amide bonds. The van der Waals surface area contributed by atoms with Crippen molar-refractivity contribution in [2.24, 2.45) is 0 Å². The number of hydrogen-bond donors (Lipinski definition) is 1. The highest BCUT2D eigenvalue weighted by Gasteiger charge is 2.09. The molecule has 0 fully saturated rings. The number of carbonyl (C=O) groups excluding carboxylic acids is 1. The van der Waals surface area contributed by atoms with Crippen molar-refractivity contribution in [1.82, 2.24) is 15.2 Å². The van der Waals surface area contributed by atoms with E-state index < -0.39 is 0 Å². The van der Waals surface area contributed by atoms with Crippen molar-refractivity contribution in [3.8, 4) is 17.2 Å². The molecular weight excluding hydrogens is 392 g/mol. The van der Waals surface area contributed by atoms with E-state index in [2.05, 4.69) is 20.5 Å². The number of anilines is 1. The zero-order valence-electron chi connectivity index (χ0n) is 15.1. The van der Waals surface area contributed by atoms with Crippen molar-refractivity contribution in [3.05, 3.63) is 89.5 Å². The number of pyridine rings is 1. The molecule has 0 saturated heterocycles. The number of ether oxygens (including phenoxy) is 1.